The zero-order valence-corrected chi connectivity index (χ0v) is 17.4. The molecule has 2 aliphatic rings. The van der Waals surface area contributed by atoms with Gasteiger partial charge in [-0.25, -0.2) is 0 Å². The lowest BCUT2D eigenvalue weighted by atomic mass is 9.73. The second-order valence-electron chi connectivity index (χ2n) is 7.61. The Morgan fingerprint density at radius 2 is 1.50 bits per heavy atom. The van der Waals surface area contributed by atoms with Crippen LogP contribution in [-0.2, 0) is 9.59 Å². The van der Waals surface area contributed by atoms with Crippen molar-refractivity contribution in [3.05, 3.63) is 64.9 Å². The Bertz CT molecular complexity index is 1010. The van der Waals surface area contributed by atoms with Crippen molar-refractivity contribution >= 4 is 11.7 Å². The summed E-state index contributed by atoms with van der Waals surface area (Å²) >= 11 is 0. The summed E-state index contributed by atoms with van der Waals surface area (Å²) in [6.07, 6.45) is 1.28. The van der Waals surface area contributed by atoms with Gasteiger partial charge in [-0.05, 0) is 47.7 Å². The maximum Gasteiger partial charge on any atom is 0.225 e. The molecule has 6 heteroatoms. The van der Waals surface area contributed by atoms with Crippen LogP contribution in [0.4, 0.5) is 0 Å². The molecule has 0 unspecified atom stereocenters. The smallest absolute Gasteiger partial charge is 0.225 e. The fraction of sp³-hybridized carbons (Fsp3) is 0.333. The molecule has 0 bridgehead atoms. The Labute approximate surface area is 175 Å². The Hall–Kier alpha value is -3.28. The van der Waals surface area contributed by atoms with Crippen molar-refractivity contribution in [3.63, 3.8) is 0 Å². The maximum absolute atomic E-state index is 13.2. The summed E-state index contributed by atoms with van der Waals surface area (Å²) in [5, 5.41) is 2.96. The average molecular weight is 407 g/mol. The average Bonchev–Trinajstić information content (AvgIpc) is 2.77. The normalized spacial score (nSPS) is 21.0. The molecule has 30 heavy (non-hydrogen) atoms. The number of methoxy groups -OCH3 is 3. The molecule has 0 spiro atoms. The molecule has 0 saturated heterocycles. The van der Waals surface area contributed by atoms with Crippen LogP contribution in [0.15, 0.2) is 53.7 Å². The summed E-state index contributed by atoms with van der Waals surface area (Å²) in [4.78, 5) is 25.7. The minimum absolute atomic E-state index is 0.0222. The van der Waals surface area contributed by atoms with Crippen molar-refractivity contribution in [2.75, 3.05) is 21.3 Å². The van der Waals surface area contributed by atoms with E-state index >= 15 is 0 Å². The van der Waals surface area contributed by atoms with Gasteiger partial charge < -0.3 is 19.5 Å². The van der Waals surface area contributed by atoms with Crippen LogP contribution in [0.25, 0.3) is 0 Å². The standard InChI is InChI=1S/C24H25NO5/c1-28-17-7-4-14(5-8-17)18-13-23(27)25-19-10-16(11-20(26)24(18)19)15-6-9-21(29-2)22(12-15)30-3/h4-9,12,16,18H,10-11,13H2,1-3H3,(H,25,27)/t16-,18-/m1/s1. The fourth-order valence-corrected chi connectivity index (χ4v) is 4.42. The second kappa shape index (κ2) is 8.22. The van der Waals surface area contributed by atoms with Crippen molar-refractivity contribution in [2.45, 2.75) is 31.1 Å². The number of hydrogen-bond acceptors (Lipinski definition) is 5. The van der Waals surface area contributed by atoms with E-state index in [0.29, 0.717) is 24.3 Å². The molecular formula is C24H25NO5. The third-order valence-corrected chi connectivity index (χ3v) is 5.93. The monoisotopic (exact) mass is 407 g/mol. The number of carbonyl (C=O) groups is 2. The van der Waals surface area contributed by atoms with Gasteiger partial charge in [0.05, 0.1) is 21.3 Å². The summed E-state index contributed by atoms with van der Waals surface area (Å²) in [6.45, 7) is 0. The van der Waals surface area contributed by atoms with Gasteiger partial charge >= 0.3 is 0 Å². The number of ketones is 1. The van der Waals surface area contributed by atoms with E-state index in [0.717, 1.165) is 28.1 Å². The molecule has 1 amide bonds. The number of carbonyl (C=O) groups excluding carboxylic acids is 2. The molecule has 1 aliphatic heterocycles. The van der Waals surface area contributed by atoms with Crippen LogP contribution in [0.5, 0.6) is 17.2 Å². The molecule has 0 saturated carbocycles. The molecule has 2 atom stereocenters. The van der Waals surface area contributed by atoms with E-state index in [1.807, 2.05) is 42.5 Å². The fourth-order valence-electron chi connectivity index (χ4n) is 4.42. The van der Waals surface area contributed by atoms with Crippen molar-refractivity contribution in [3.8, 4) is 17.2 Å². The molecule has 1 N–H and O–H groups in total. The van der Waals surface area contributed by atoms with Crippen LogP contribution in [0.1, 0.15) is 42.2 Å². The predicted molar refractivity (Wildman–Crippen MR) is 112 cm³/mol. The third-order valence-electron chi connectivity index (χ3n) is 5.93. The lowest BCUT2D eigenvalue weighted by Crippen LogP contribution is -2.38. The van der Waals surface area contributed by atoms with Crippen LogP contribution in [0.3, 0.4) is 0 Å². The summed E-state index contributed by atoms with van der Waals surface area (Å²) < 4.78 is 15.9. The molecule has 0 radical (unpaired) electrons. The van der Waals surface area contributed by atoms with Crippen molar-refractivity contribution < 1.29 is 23.8 Å². The first-order valence-electron chi connectivity index (χ1n) is 9.96. The lowest BCUT2D eigenvalue weighted by molar-refractivity contribution is -0.122. The number of ether oxygens (including phenoxy) is 3. The van der Waals surface area contributed by atoms with Gasteiger partial charge in [0.2, 0.25) is 5.91 Å². The summed E-state index contributed by atoms with van der Waals surface area (Å²) in [7, 11) is 4.80. The van der Waals surface area contributed by atoms with Gasteiger partial charge in [0, 0.05) is 30.0 Å². The zero-order chi connectivity index (χ0) is 21.3. The highest BCUT2D eigenvalue weighted by Gasteiger charge is 2.38. The molecule has 6 nitrogen and oxygen atoms in total. The van der Waals surface area contributed by atoms with Gasteiger partial charge in [-0.2, -0.15) is 0 Å². The van der Waals surface area contributed by atoms with Gasteiger partial charge in [0.15, 0.2) is 17.3 Å². The van der Waals surface area contributed by atoms with Gasteiger partial charge in [0.25, 0.3) is 0 Å². The number of rotatable bonds is 5. The highest BCUT2D eigenvalue weighted by Crippen LogP contribution is 2.43. The molecule has 4 rings (SSSR count). The minimum Gasteiger partial charge on any atom is -0.497 e. The first-order chi connectivity index (χ1) is 14.5. The molecule has 0 fully saturated rings. The van der Waals surface area contributed by atoms with E-state index in [4.69, 9.17) is 14.2 Å². The lowest BCUT2D eigenvalue weighted by Gasteiger charge is -2.34. The van der Waals surface area contributed by atoms with Crippen molar-refractivity contribution in [1.82, 2.24) is 5.32 Å². The molecule has 2 aromatic carbocycles. The molecule has 156 valence electrons. The van der Waals surface area contributed by atoms with Gasteiger partial charge in [-0.1, -0.05) is 18.2 Å². The number of allylic oxidation sites excluding steroid dienone is 2. The van der Waals surface area contributed by atoms with E-state index in [-0.39, 0.29) is 29.9 Å². The van der Waals surface area contributed by atoms with E-state index in [9.17, 15) is 9.59 Å². The van der Waals surface area contributed by atoms with Gasteiger partial charge in [-0.3, -0.25) is 9.59 Å². The van der Waals surface area contributed by atoms with E-state index in [2.05, 4.69) is 5.32 Å². The third kappa shape index (κ3) is 3.65. The predicted octanol–water partition coefficient (Wildman–Crippen LogP) is 3.72. The van der Waals surface area contributed by atoms with Crippen LogP contribution < -0.4 is 19.5 Å². The molecule has 2 aromatic rings. The number of hydrogen-bond donors (Lipinski definition) is 1. The van der Waals surface area contributed by atoms with Crippen LogP contribution >= 0.6 is 0 Å². The highest BCUT2D eigenvalue weighted by atomic mass is 16.5. The van der Waals surface area contributed by atoms with E-state index < -0.39 is 0 Å². The Morgan fingerprint density at radius 1 is 0.800 bits per heavy atom. The Kier molecular flexibility index (Phi) is 5.48. The maximum atomic E-state index is 13.2. The molecule has 0 aromatic heterocycles. The number of benzene rings is 2. The molecular weight excluding hydrogens is 382 g/mol. The molecule has 1 heterocycles. The second-order valence-corrected chi connectivity index (χ2v) is 7.61. The minimum atomic E-state index is -0.224. The summed E-state index contributed by atoms with van der Waals surface area (Å²) in [5.41, 5.74) is 3.42. The molecule has 1 aliphatic carbocycles. The SMILES string of the molecule is COc1ccc([C@H]2CC(=O)NC3=C2C(=O)C[C@H](c2ccc(OC)c(OC)c2)C3)cc1. The Balaban J connectivity index is 1.67. The summed E-state index contributed by atoms with van der Waals surface area (Å²) in [5.74, 6) is 1.80. The van der Waals surface area contributed by atoms with Gasteiger partial charge in [-0.15, -0.1) is 0 Å². The van der Waals surface area contributed by atoms with Crippen LogP contribution in [0.2, 0.25) is 0 Å². The Morgan fingerprint density at radius 3 is 2.17 bits per heavy atom. The van der Waals surface area contributed by atoms with E-state index in [1.54, 1.807) is 21.3 Å². The number of amides is 1. The number of Topliss-reactive ketones (excluding diaryl/α,β-unsaturated/α-hetero) is 1. The quantitative estimate of drug-likeness (QED) is 0.818. The number of nitrogens with one attached hydrogen (secondary N) is 1. The van der Waals surface area contributed by atoms with E-state index in [1.165, 1.54) is 0 Å². The zero-order valence-electron chi connectivity index (χ0n) is 17.4. The summed E-state index contributed by atoms with van der Waals surface area (Å²) in [6, 6.07) is 13.3. The van der Waals surface area contributed by atoms with Crippen LogP contribution in [-0.4, -0.2) is 33.0 Å². The van der Waals surface area contributed by atoms with Gasteiger partial charge in [0.1, 0.15) is 5.75 Å². The largest absolute Gasteiger partial charge is 0.497 e. The highest BCUT2D eigenvalue weighted by molar-refractivity contribution is 6.02. The topological polar surface area (TPSA) is 73.9 Å². The first-order valence-corrected chi connectivity index (χ1v) is 9.96. The van der Waals surface area contributed by atoms with Crippen molar-refractivity contribution in [1.29, 1.82) is 0 Å². The van der Waals surface area contributed by atoms with Crippen LogP contribution in [0, 0.1) is 0 Å². The van der Waals surface area contributed by atoms with Crippen molar-refractivity contribution in [2.24, 2.45) is 0 Å². The first kappa shape index (κ1) is 20.0.